The summed E-state index contributed by atoms with van der Waals surface area (Å²) in [4.78, 5) is 27.0. The van der Waals surface area contributed by atoms with E-state index in [9.17, 15) is 19.9 Å². The molecule has 0 aliphatic heterocycles. The van der Waals surface area contributed by atoms with Gasteiger partial charge >= 0.3 is 11.5 Å². The van der Waals surface area contributed by atoms with Crippen LogP contribution < -0.4 is 5.56 Å². The fraction of sp³-hybridized carbons (Fsp3) is 0.118. The number of aromatic hydroxyl groups is 1. The van der Waals surface area contributed by atoms with Crippen molar-refractivity contribution in [3.05, 3.63) is 57.5 Å². The third-order valence-electron chi connectivity index (χ3n) is 3.73. The monoisotopic (exact) mass is 326 g/mol. The average Bonchev–Trinajstić information content (AvgIpc) is 2.51. The molecule has 24 heavy (non-hydrogen) atoms. The summed E-state index contributed by atoms with van der Waals surface area (Å²) in [5.41, 5.74) is 1.17. The Labute approximate surface area is 136 Å². The van der Waals surface area contributed by atoms with Crippen molar-refractivity contribution in [1.29, 1.82) is 0 Å². The number of pyridine rings is 2. The molecular formula is C17H14N2O5. The first-order valence-electron chi connectivity index (χ1n) is 7.08. The van der Waals surface area contributed by atoms with Gasteiger partial charge in [0.1, 0.15) is 5.75 Å². The lowest BCUT2D eigenvalue weighted by molar-refractivity contribution is 0.0685. The highest BCUT2D eigenvalue weighted by molar-refractivity contribution is 5.98. The number of aromatic carboxylic acids is 1. The highest BCUT2D eigenvalue weighted by atomic mass is 16.5. The molecule has 122 valence electrons. The van der Waals surface area contributed by atoms with Crippen LogP contribution in [-0.2, 0) is 0 Å². The van der Waals surface area contributed by atoms with Crippen molar-refractivity contribution < 1.29 is 20.2 Å². The van der Waals surface area contributed by atoms with Crippen molar-refractivity contribution in [3.8, 4) is 16.9 Å². The number of fused-ring (bicyclic) bond motifs is 1. The van der Waals surface area contributed by atoms with E-state index in [1.807, 2.05) is 32.0 Å². The average molecular weight is 326 g/mol. The minimum Gasteiger partial charge on any atom is -0.506 e. The van der Waals surface area contributed by atoms with Gasteiger partial charge < -0.3 is 15.4 Å². The Morgan fingerprint density at radius 1 is 1.08 bits per heavy atom. The molecule has 0 spiro atoms. The van der Waals surface area contributed by atoms with Crippen molar-refractivity contribution in [2.75, 3.05) is 0 Å². The molecule has 0 saturated carbocycles. The lowest BCUT2D eigenvalue weighted by Gasteiger charge is -2.10. The predicted molar refractivity (Wildman–Crippen MR) is 86.7 cm³/mol. The van der Waals surface area contributed by atoms with E-state index >= 15 is 0 Å². The zero-order valence-corrected chi connectivity index (χ0v) is 12.9. The van der Waals surface area contributed by atoms with Gasteiger partial charge in [0.05, 0.1) is 5.39 Å². The SMILES string of the molecule is Cc1cc(C)cc(-c2cnc3c(c2)c(O)c(C(=O)O)c(=O)n3O)c1. The van der Waals surface area contributed by atoms with Gasteiger partial charge in [-0.3, -0.25) is 4.79 Å². The number of benzene rings is 1. The molecule has 0 amide bonds. The Balaban J connectivity index is 2.36. The van der Waals surface area contributed by atoms with E-state index in [4.69, 9.17) is 5.11 Å². The Bertz CT molecular complexity index is 1030. The summed E-state index contributed by atoms with van der Waals surface area (Å²) in [7, 11) is 0. The fourth-order valence-electron chi connectivity index (χ4n) is 2.73. The topological polar surface area (TPSA) is 113 Å². The smallest absolute Gasteiger partial charge is 0.345 e. The van der Waals surface area contributed by atoms with Gasteiger partial charge in [-0.1, -0.05) is 29.3 Å². The number of nitrogens with zero attached hydrogens (tertiary/aromatic N) is 2. The summed E-state index contributed by atoms with van der Waals surface area (Å²) >= 11 is 0. The number of aryl methyl sites for hydroxylation is 2. The van der Waals surface area contributed by atoms with E-state index in [2.05, 4.69) is 4.98 Å². The molecule has 3 rings (SSSR count). The van der Waals surface area contributed by atoms with E-state index in [0.29, 0.717) is 5.56 Å². The summed E-state index contributed by atoms with van der Waals surface area (Å²) < 4.78 is 0.129. The van der Waals surface area contributed by atoms with Crippen molar-refractivity contribution in [3.63, 3.8) is 0 Å². The second-order valence-corrected chi connectivity index (χ2v) is 5.62. The van der Waals surface area contributed by atoms with Gasteiger partial charge in [-0.15, -0.1) is 4.73 Å². The summed E-state index contributed by atoms with van der Waals surface area (Å²) in [5, 5.41) is 29.1. The number of hydrogen-bond donors (Lipinski definition) is 3. The van der Waals surface area contributed by atoms with Crippen LogP contribution in [0.25, 0.3) is 22.2 Å². The quantitative estimate of drug-likeness (QED) is 0.623. The van der Waals surface area contributed by atoms with Crippen LogP contribution in [0.2, 0.25) is 0 Å². The maximum Gasteiger partial charge on any atom is 0.345 e. The molecule has 0 aliphatic rings. The minimum atomic E-state index is -1.63. The Kier molecular flexibility index (Phi) is 3.48. The van der Waals surface area contributed by atoms with E-state index in [-0.39, 0.29) is 15.8 Å². The number of carbonyl (C=O) groups is 1. The standard InChI is InChI=1S/C17H14N2O5/c1-8-3-9(2)5-10(4-8)11-6-12-14(20)13(17(22)23)16(21)19(24)15(12)18-7-11/h3-7,20,24H,1-2H3,(H,22,23). The summed E-state index contributed by atoms with van der Waals surface area (Å²) in [6.07, 6.45) is 1.45. The molecule has 3 aromatic rings. The molecule has 0 radical (unpaired) electrons. The van der Waals surface area contributed by atoms with Crippen molar-refractivity contribution in [1.82, 2.24) is 9.71 Å². The summed E-state index contributed by atoms with van der Waals surface area (Å²) in [6, 6.07) is 7.33. The lowest BCUT2D eigenvalue weighted by Crippen LogP contribution is -2.25. The normalized spacial score (nSPS) is 10.9. The number of carboxylic acid groups (broad SMARTS) is 1. The summed E-state index contributed by atoms with van der Waals surface area (Å²) in [6.45, 7) is 3.88. The maximum absolute atomic E-state index is 11.8. The first-order valence-corrected chi connectivity index (χ1v) is 7.08. The number of hydrogen-bond acceptors (Lipinski definition) is 5. The van der Waals surface area contributed by atoms with Crippen LogP contribution >= 0.6 is 0 Å². The molecule has 0 unspecified atom stereocenters. The number of rotatable bonds is 2. The molecule has 0 saturated heterocycles. The van der Waals surface area contributed by atoms with Crippen LogP contribution in [0.15, 0.2) is 35.3 Å². The molecule has 7 heteroatoms. The highest BCUT2D eigenvalue weighted by Crippen LogP contribution is 2.30. The zero-order chi connectivity index (χ0) is 17.6. The van der Waals surface area contributed by atoms with Gasteiger partial charge in [0.15, 0.2) is 11.2 Å². The Morgan fingerprint density at radius 3 is 2.29 bits per heavy atom. The zero-order valence-electron chi connectivity index (χ0n) is 12.9. The van der Waals surface area contributed by atoms with Gasteiger partial charge in [-0.2, -0.15) is 0 Å². The lowest BCUT2D eigenvalue weighted by atomic mass is 10.0. The molecule has 0 fully saturated rings. The molecule has 7 nitrogen and oxygen atoms in total. The Morgan fingerprint density at radius 2 is 1.71 bits per heavy atom. The second-order valence-electron chi connectivity index (χ2n) is 5.62. The van der Waals surface area contributed by atoms with Crippen molar-refractivity contribution >= 4 is 17.0 Å². The van der Waals surface area contributed by atoms with Gasteiger partial charge in [-0.25, -0.2) is 9.78 Å². The fourth-order valence-corrected chi connectivity index (χ4v) is 2.73. The van der Waals surface area contributed by atoms with Gasteiger partial charge in [0.25, 0.3) is 0 Å². The third kappa shape index (κ3) is 2.36. The molecular weight excluding hydrogens is 312 g/mol. The summed E-state index contributed by atoms with van der Waals surface area (Å²) in [5.74, 6) is -2.34. The third-order valence-corrected chi connectivity index (χ3v) is 3.73. The Hall–Kier alpha value is -3.35. The minimum absolute atomic E-state index is 0.0221. The molecule has 2 aromatic heterocycles. The van der Waals surface area contributed by atoms with Crippen LogP contribution in [0, 0.1) is 13.8 Å². The second kappa shape index (κ2) is 5.38. The molecule has 2 heterocycles. The highest BCUT2D eigenvalue weighted by Gasteiger charge is 2.22. The van der Waals surface area contributed by atoms with Gasteiger partial charge in [0, 0.05) is 11.8 Å². The number of carboxylic acids is 1. The molecule has 1 aromatic carbocycles. The van der Waals surface area contributed by atoms with Gasteiger partial charge in [0.2, 0.25) is 0 Å². The van der Waals surface area contributed by atoms with Crippen LogP contribution in [-0.4, -0.2) is 31.1 Å². The van der Waals surface area contributed by atoms with Crippen molar-refractivity contribution in [2.24, 2.45) is 0 Å². The van der Waals surface area contributed by atoms with Gasteiger partial charge in [-0.05, 0) is 25.5 Å². The first kappa shape index (κ1) is 15.5. The van der Waals surface area contributed by atoms with E-state index in [1.165, 1.54) is 12.3 Å². The van der Waals surface area contributed by atoms with E-state index < -0.39 is 22.8 Å². The van der Waals surface area contributed by atoms with E-state index in [1.54, 1.807) is 0 Å². The first-order chi connectivity index (χ1) is 11.3. The molecule has 3 N–H and O–H groups in total. The van der Waals surface area contributed by atoms with Crippen LogP contribution in [0.1, 0.15) is 21.5 Å². The maximum atomic E-state index is 11.8. The molecule has 0 bridgehead atoms. The predicted octanol–water partition coefficient (Wildman–Crippen LogP) is 2.32. The number of aromatic nitrogens is 2. The molecule has 0 aliphatic carbocycles. The van der Waals surface area contributed by atoms with Crippen LogP contribution in [0.4, 0.5) is 0 Å². The molecule has 0 atom stereocenters. The van der Waals surface area contributed by atoms with Crippen LogP contribution in [0.5, 0.6) is 5.75 Å². The van der Waals surface area contributed by atoms with E-state index in [0.717, 1.165) is 16.7 Å². The van der Waals surface area contributed by atoms with Crippen LogP contribution in [0.3, 0.4) is 0 Å². The van der Waals surface area contributed by atoms with Crippen molar-refractivity contribution in [2.45, 2.75) is 13.8 Å². The largest absolute Gasteiger partial charge is 0.506 e.